The predicted molar refractivity (Wildman–Crippen MR) is 136 cm³/mol. The second-order valence-corrected chi connectivity index (χ2v) is 8.81. The van der Waals surface area contributed by atoms with Gasteiger partial charge in [0.25, 0.3) is 5.69 Å². The van der Waals surface area contributed by atoms with Gasteiger partial charge in [-0.2, -0.15) is 0 Å². The van der Waals surface area contributed by atoms with Gasteiger partial charge in [-0.25, -0.2) is 9.79 Å². The molecule has 2 aliphatic rings. The van der Waals surface area contributed by atoms with Crippen molar-refractivity contribution in [2.75, 3.05) is 27.8 Å². The summed E-state index contributed by atoms with van der Waals surface area (Å²) in [5.41, 5.74) is 2.92. The molecule has 11 heteroatoms. The van der Waals surface area contributed by atoms with Gasteiger partial charge in [0.1, 0.15) is 0 Å². The standard InChI is InChI=1S/C26H29N5O6/c1-16-21(24-28-26(30(3)37-24)29(2)14-17-9-6-5-7-10-17)22(18-11-8-12-19(13-18)31(34)35)23(25(33)36-4)20(15-32)27-16/h5-13,22,26-27,32H,14-15H2,1-4H3. The molecule has 194 valence electrons. The van der Waals surface area contributed by atoms with Crippen LogP contribution >= 0.6 is 0 Å². The monoisotopic (exact) mass is 507 g/mol. The number of benzene rings is 2. The second kappa shape index (κ2) is 10.9. The van der Waals surface area contributed by atoms with Gasteiger partial charge < -0.3 is 20.0 Å². The van der Waals surface area contributed by atoms with Crippen LogP contribution in [0.2, 0.25) is 0 Å². The maximum absolute atomic E-state index is 13.0. The first-order valence-corrected chi connectivity index (χ1v) is 11.6. The Morgan fingerprint density at radius 2 is 2.00 bits per heavy atom. The summed E-state index contributed by atoms with van der Waals surface area (Å²) in [6.07, 6.45) is -0.467. The number of nitrogens with zero attached hydrogens (tertiary/aromatic N) is 4. The number of nitro benzene ring substituents is 1. The Bertz CT molecular complexity index is 1290. The summed E-state index contributed by atoms with van der Waals surface area (Å²) in [5, 5.41) is 26.2. The maximum Gasteiger partial charge on any atom is 0.336 e. The van der Waals surface area contributed by atoms with Crippen LogP contribution in [0.1, 0.15) is 24.0 Å². The molecule has 2 aromatic rings. The van der Waals surface area contributed by atoms with Crippen molar-refractivity contribution in [1.29, 1.82) is 0 Å². The molecule has 0 bridgehead atoms. The van der Waals surface area contributed by atoms with Crippen molar-refractivity contribution in [2.45, 2.75) is 25.7 Å². The molecular formula is C26H29N5O6. The van der Waals surface area contributed by atoms with Crippen LogP contribution in [0, 0.1) is 10.1 Å². The number of nitro groups is 1. The summed E-state index contributed by atoms with van der Waals surface area (Å²) in [4.78, 5) is 36.9. The van der Waals surface area contributed by atoms with Crippen molar-refractivity contribution in [3.05, 3.63) is 98.4 Å². The molecule has 0 amide bonds. The van der Waals surface area contributed by atoms with E-state index in [1.54, 1.807) is 31.2 Å². The molecule has 0 saturated carbocycles. The number of hydrogen-bond acceptors (Lipinski definition) is 10. The van der Waals surface area contributed by atoms with E-state index >= 15 is 0 Å². The Labute approximate surface area is 214 Å². The lowest BCUT2D eigenvalue weighted by molar-refractivity contribution is -0.384. The van der Waals surface area contributed by atoms with Gasteiger partial charge in [0.2, 0.25) is 5.90 Å². The number of esters is 1. The van der Waals surface area contributed by atoms with Crippen molar-refractivity contribution in [3.8, 4) is 0 Å². The zero-order valence-corrected chi connectivity index (χ0v) is 21.0. The Hall–Kier alpha value is -4.06. The van der Waals surface area contributed by atoms with E-state index < -0.39 is 29.7 Å². The van der Waals surface area contributed by atoms with E-state index in [0.717, 1.165) is 5.56 Å². The van der Waals surface area contributed by atoms with Gasteiger partial charge in [0.15, 0.2) is 6.29 Å². The van der Waals surface area contributed by atoms with Gasteiger partial charge in [-0.1, -0.05) is 42.5 Å². The smallest absolute Gasteiger partial charge is 0.336 e. The molecule has 11 nitrogen and oxygen atoms in total. The minimum Gasteiger partial charge on any atom is -0.466 e. The summed E-state index contributed by atoms with van der Waals surface area (Å²) >= 11 is 0. The largest absolute Gasteiger partial charge is 0.466 e. The fourth-order valence-electron chi connectivity index (χ4n) is 4.65. The van der Waals surface area contributed by atoms with Gasteiger partial charge in [-0.15, -0.1) is 5.06 Å². The maximum atomic E-state index is 13.0. The van der Waals surface area contributed by atoms with E-state index in [2.05, 4.69) is 5.32 Å². The number of nitrogens with one attached hydrogen (secondary N) is 1. The Morgan fingerprint density at radius 3 is 2.65 bits per heavy atom. The lowest BCUT2D eigenvalue weighted by Crippen LogP contribution is -2.39. The highest BCUT2D eigenvalue weighted by Gasteiger charge is 2.41. The molecule has 0 spiro atoms. The third-order valence-corrected chi connectivity index (χ3v) is 6.31. The van der Waals surface area contributed by atoms with Crippen molar-refractivity contribution < 1.29 is 24.4 Å². The molecule has 2 atom stereocenters. The van der Waals surface area contributed by atoms with Crippen LogP contribution in [0.25, 0.3) is 0 Å². The number of allylic oxidation sites excluding steroid dienone is 1. The van der Waals surface area contributed by atoms with E-state index in [-0.39, 0.29) is 22.9 Å². The summed E-state index contributed by atoms with van der Waals surface area (Å²) in [5.74, 6) is -1.25. The Balaban J connectivity index is 1.79. The van der Waals surface area contributed by atoms with Crippen molar-refractivity contribution in [2.24, 2.45) is 4.99 Å². The Kier molecular flexibility index (Phi) is 7.67. The third-order valence-electron chi connectivity index (χ3n) is 6.31. The molecule has 2 heterocycles. The minimum atomic E-state index is -0.832. The first-order chi connectivity index (χ1) is 17.7. The molecule has 4 rings (SSSR count). The number of aliphatic hydroxyl groups is 1. The molecule has 37 heavy (non-hydrogen) atoms. The average molecular weight is 508 g/mol. The minimum absolute atomic E-state index is 0.126. The zero-order chi connectivity index (χ0) is 26.7. The number of aliphatic hydroxyl groups excluding tert-OH is 1. The molecule has 0 radical (unpaired) electrons. The molecule has 2 aliphatic heterocycles. The average Bonchev–Trinajstić information content (AvgIpc) is 3.29. The molecular weight excluding hydrogens is 478 g/mol. The van der Waals surface area contributed by atoms with E-state index in [1.165, 1.54) is 19.2 Å². The van der Waals surface area contributed by atoms with Gasteiger partial charge >= 0.3 is 5.97 Å². The van der Waals surface area contributed by atoms with E-state index in [1.807, 2.05) is 42.3 Å². The van der Waals surface area contributed by atoms with Crippen molar-refractivity contribution in [3.63, 3.8) is 0 Å². The number of dihydropyridines is 1. The van der Waals surface area contributed by atoms with Crippen LogP contribution in [0.5, 0.6) is 0 Å². The molecule has 0 aliphatic carbocycles. The van der Waals surface area contributed by atoms with Crippen molar-refractivity contribution >= 4 is 17.6 Å². The van der Waals surface area contributed by atoms with Crippen LogP contribution in [0.15, 0.2) is 82.1 Å². The summed E-state index contributed by atoms with van der Waals surface area (Å²) in [6.45, 7) is 1.93. The SMILES string of the molecule is COC(=O)C1=C(CO)NC(C)=C(C2=NC(N(C)Cc3ccccc3)N(C)O2)C1c1cccc([N+](=O)[O-])c1. The number of hydrogen-bond donors (Lipinski definition) is 2. The third kappa shape index (κ3) is 5.24. The summed E-state index contributed by atoms with van der Waals surface area (Å²) in [6, 6.07) is 16.0. The van der Waals surface area contributed by atoms with Gasteiger partial charge in [0.05, 0.1) is 35.8 Å². The van der Waals surface area contributed by atoms with Crippen LogP contribution < -0.4 is 5.32 Å². The lowest BCUT2D eigenvalue weighted by Gasteiger charge is -2.31. The predicted octanol–water partition coefficient (Wildman–Crippen LogP) is 2.67. The van der Waals surface area contributed by atoms with Crippen LogP contribution in [0.3, 0.4) is 0 Å². The summed E-state index contributed by atoms with van der Waals surface area (Å²) < 4.78 is 5.04. The fraction of sp³-hybridized carbons (Fsp3) is 0.308. The highest BCUT2D eigenvalue weighted by molar-refractivity contribution is 6.02. The normalized spacial score (nSPS) is 20.0. The number of methoxy groups -OCH3 is 1. The van der Waals surface area contributed by atoms with Crippen LogP contribution in [0.4, 0.5) is 5.69 Å². The fourth-order valence-corrected chi connectivity index (χ4v) is 4.65. The Morgan fingerprint density at radius 1 is 1.27 bits per heavy atom. The molecule has 2 N–H and O–H groups in total. The van der Waals surface area contributed by atoms with Crippen LogP contribution in [-0.4, -0.2) is 66.0 Å². The second-order valence-electron chi connectivity index (χ2n) is 8.81. The summed E-state index contributed by atoms with van der Waals surface area (Å²) in [7, 11) is 4.92. The molecule has 2 aromatic carbocycles. The van der Waals surface area contributed by atoms with Crippen molar-refractivity contribution in [1.82, 2.24) is 15.3 Å². The number of ether oxygens (including phenoxy) is 1. The zero-order valence-electron chi connectivity index (χ0n) is 21.0. The quantitative estimate of drug-likeness (QED) is 0.315. The molecule has 0 fully saturated rings. The van der Waals surface area contributed by atoms with Gasteiger partial charge in [-0.3, -0.25) is 15.0 Å². The number of rotatable bonds is 8. The molecule has 0 aromatic heterocycles. The lowest BCUT2D eigenvalue weighted by atomic mass is 9.80. The van der Waals surface area contributed by atoms with E-state index in [9.17, 15) is 20.0 Å². The number of non-ortho nitro benzene ring substituents is 1. The highest BCUT2D eigenvalue weighted by atomic mass is 16.7. The van der Waals surface area contributed by atoms with Gasteiger partial charge in [-0.05, 0) is 25.1 Å². The first kappa shape index (κ1) is 26.0. The highest BCUT2D eigenvalue weighted by Crippen LogP contribution is 2.41. The number of aliphatic imine (C=N–C) groups is 1. The number of carbonyl (C=O) groups is 1. The number of hydroxylamine groups is 2. The topological polar surface area (TPSA) is 130 Å². The molecule has 2 unspecified atom stereocenters. The number of carbonyl (C=O) groups excluding carboxylic acids is 1. The van der Waals surface area contributed by atoms with Gasteiger partial charge in [0, 0.05) is 37.0 Å². The van der Waals surface area contributed by atoms with Crippen LogP contribution in [-0.2, 0) is 20.9 Å². The molecule has 0 saturated heterocycles. The first-order valence-electron chi connectivity index (χ1n) is 11.6. The van der Waals surface area contributed by atoms with E-state index in [0.29, 0.717) is 23.4 Å². The van der Waals surface area contributed by atoms with E-state index in [4.69, 9.17) is 14.6 Å².